The molecule has 0 saturated carbocycles. The van der Waals surface area contributed by atoms with E-state index in [1.165, 1.54) is 32.4 Å². The zero-order valence-electron chi connectivity index (χ0n) is 21.4. The number of benzene rings is 3. The van der Waals surface area contributed by atoms with Crippen molar-refractivity contribution in [2.24, 2.45) is 0 Å². The summed E-state index contributed by atoms with van der Waals surface area (Å²) in [7, 11) is 3.02. The maximum Gasteiger partial charge on any atom is 0.338 e. The van der Waals surface area contributed by atoms with Crippen molar-refractivity contribution in [1.29, 1.82) is 0 Å². The summed E-state index contributed by atoms with van der Waals surface area (Å²) >= 11 is 0. The van der Waals surface area contributed by atoms with Gasteiger partial charge in [-0.1, -0.05) is 6.07 Å². The number of esters is 2. The lowest BCUT2D eigenvalue weighted by Gasteiger charge is -2.08. The number of amides is 1. The van der Waals surface area contributed by atoms with Crippen LogP contribution in [0.3, 0.4) is 0 Å². The molecule has 10 heteroatoms. The van der Waals surface area contributed by atoms with Crippen LogP contribution in [0.2, 0.25) is 0 Å². The van der Waals surface area contributed by atoms with Gasteiger partial charge in [-0.25, -0.2) is 4.79 Å². The topological polar surface area (TPSA) is 134 Å². The summed E-state index contributed by atoms with van der Waals surface area (Å²) < 4.78 is 20.1. The van der Waals surface area contributed by atoms with Gasteiger partial charge in [0.05, 0.1) is 26.2 Å². The standard InChI is InChI=1S/C29H27NO9/c1-36-23-10-6-19(7-11-23)25(31)17-38-28(34)15-14-27(33)30-22-5-3-4-21(16-22)29(35)39-18-26(32)20-8-12-24(37-2)13-9-20/h3-13,16H,14-15,17-18H2,1-2H3,(H,30,33). The molecule has 0 aromatic heterocycles. The summed E-state index contributed by atoms with van der Waals surface area (Å²) in [5.74, 6) is -1.51. The van der Waals surface area contributed by atoms with Gasteiger partial charge in [0.15, 0.2) is 24.8 Å². The van der Waals surface area contributed by atoms with Crippen LogP contribution in [-0.4, -0.2) is 56.8 Å². The molecular weight excluding hydrogens is 506 g/mol. The molecule has 0 spiro atoms. The minimum absolute atomic E-state index is 0.131. The second-order valence-electron chi connectivity index (χ2n) is 8.17. The van der Waals surface area contributed by atoms with Crippen LogP contribution in [0, 0.1) is 0 Å². The predicted molar refractivity (Wildman–Crippen MR) is 140 cm³/mol. The highest BCUT2D eigenvalue weighted by molar-refractivity contribution is 6.00. The number of hydrogen-bond donors (Lipinski definition) is 1. The Kier molecular flexibility index (Phi) is 10.3. The number of ketones is 2. The van der Waals surface area contributed by atoms with E-state index in [9.17, 15) is 24.0 Å². The normalized spacial score (nSPS) is 10.2. The predicted octanol–water partition coefficient (Wildman–Crippen LogP) is 3.89. The Labute approximate surface area is 224 Å². The molecular formula is C29H27NO9. The lowest BCUT2D eigenvalue weighted by Crippen LogP contribution is -2.18. The fourth-order valence-electron chi connectivity index (χ4n) is 3.32. The van der Waals surface area contributed by atoms with E-state index in [2.05, 4.69) is 5.32 Å². The Morgan fingerprint density at radius 1 is 0.641 bits per heavy atom. The average molecular weight is 534 g/mol. The van der Waals surface area contributed by atoms with Gasteiger partial charge in [-0.3, -0.25) is 19.2 Å². The highest BCUT2D eigenvalue weighted by atomic mass is 16.5. The summed E-state index contributed by atoms with van der Waals surface area (Å²) in [6.45, 7) is -0.900. The van der Waals surface area contributed by atoms with E-state index in [0.717, 1.165) is 0 Å². The fourth-order valence-corrected chi connectivity index (χ4v) is 3.32. The molecule has 0 fully saturated rings. The first-order valence-electron chi connectivity index (χ1n) is 11.9. The van der Waals surface area contributed by atoms with Crippen LogP contribution >= 0.6 is 0 Å². The van der Waals surface area contributed by atoms with Gasteiger partial charge in [-0.2, -0.15) is 0 Å². The Balaban J connectivity index is 1.42. The molecule has 0 radical (unpaired) electrons. The van der Waals surface area contributed by atoms with Gasteiger partial charge in [-0.15, -0.1) is 0 Å². The number of anilines is 1. The molecule has 202 valence electrons. The van der Waals surface area contributed by atoms with Gasteiger partial charge in [0, 0.05) is 23.2 Å². The number of carbonyl (C=O) groups is 5. The smallest absolute Gasteiger partial charge is 0.338 e. The van der Waals surface area contributed by atoms with Crippen LogP contribution < -0.4 is 14.8 Å². The van der Waals surface area contributed by atoms with Gasteiger partial charge in [0.25, 0.3) is 0 Å². The fraction of sp³-hybridized carbons (Fsp3) is 0.207. The van der Waals surface area contributed by atoms with E-state index in [1.54, 1.807) is 54.6 Å². The van der Waals surface area contributed by atoms with Crippen LogP contribution in [-0.2, 0) is 19.1 Å². The van der Waals surface area contributed by atoms with Gasteiger partial charge < -0.3 is 24.3 Å². The number of ether oxygens (including phenoxy) is 4. The minimum atomic E-state index is -0.738. The second kappa shape index (κ2) is 14.1. The number of rotatable bonds is 13. The molecule has 10 nitrogen and oxygen atoms in total. The molecule has 0 aliphatic carbocycles. The van der Waals surface area contributed by atoms with Gasteiger partial charge in [0.1, 0.15) is 11.5 Å². The quantitative estimate of drug-likeness (QED) is 0.256. The van der Waals surface area contributed by atoms with Crippen molar-refractivity contribution < 1.29 is 42.9 Å². The largest absolute Gasteiger partial charge is 0.497 e. The van der Waals surface area contributed by atoms with Crippen molar-refractivity contribution in [2.45, 2.75) is 12.8 Å². The number of hydrogen-bond acceptors (Lipinski definition) is 9. The van der Waals surface area contributed by atoms with E-state index in [-0.39, 0.29) is 30.0 Å². The van der Waals surface area contributed by atoms with Crippen molar-refractivity contribution in [3.63, 3.8) is 0 Å². The first-order chi connectivity index (χ1) is 18.8. The maximum atomic E-state index is 12.4. The molecule has 3 rings (SSSR count). The molecule has 0 heterocycles. The van der Waals surface area contributed by atoms with Crippen molar-refractivity contribution >= 4 is 35.1 Å². The summed E-state index contributed by atoms with van der Waals surface area (Å²) in [4.78, 5) is 61.0. The van der Waals surface area contributed by atoms with Crippen LogP contribution in [0.4, 0.5) is 5.69 Å². The van der Waals surface area contributed by atoms with E-state index in [1.807, 2.05) is 0 Å². The van der Waals surface area contributed by atoms with Crippen molar-refractivity contribution in [1.82, 2.24) is 0 Å². The first-order valence-corrected chi connectivity index (χ1v) is 11.9. The Morgan fingerprint density at radius 3 is 1.72 bits per heavy atom. The summed E-state index contributed by atoms with van der Waals surface area (Å²) in [6.07, 6.45) is -0.433. The second-order valence-corrected chi connectivity index (χ2v) is 8.17. The van der Waals surface area contributed by atoms with Crippen LogP contribution in [0.25, 0.3) is 0 Å². The third kappa shape index (κ3) is 8.81. The third-order valence-corrected chi connectivity index (χ3v) is 5.46. The molecule has 0 atom stereocenters. The number of Topliss-reactive ketones (excluding diaryl/α,β-unsaturated/α-hetero) is 2. The minimum Gasteiger partial charge on any atom is -0.497 e. The number of carbonyl (C=O) groups excluding carboxylic acids is 5. The zero-order chi connectivity index (χ0) is 28.2. The molecule has 3 aromatic rings. The van der Waals surface area contributed by atoms with Crippen LogP contribution in [0.1, 0.15) is 43.9 Å². The lowest BCUT2D eigenvalue weighted by atomic mass is 10.1. The van der Waals surface area contributed by atoms with E-state index >= 15 is 0 Å². The Bertz CT molecular complexity index is 1330. The summed E-state index contributed by atoms with van der Waals surface area (Å²) in [5.41, 5.74) is 1.17. The van der Waals surface area contributed by atoms with Gasteiger partial charge >= 0.3 is 11.9 Å². The number of methoxy groups -OCH3 is 2. The summed E-state index contributed by atoms with van der Waals surface area (Å²) in [6, 6.07) is 18.7. The first kappa shape index (κ1) is 28.6. The Hall–Kier alpha value is -4.99. The van der Waals surface area contributed by atoms with Gasteiger partial charge in [0.2, 0.25) is 5.91 Å². The molecule has 1 amide bonds. The average Bonchev–Trinajstić information content (AvgIpc) is 2.97. The zero-order valence-corrected chi connectivity index (χ0v) is 21.4. The van der Waals surface area contributed by atoms with Gasteiger partial charge in [-0.05, 0) is 66.7 Å². The highest BCUT2D eigenvalue weighted by Gasteiger charge is 2.15. The highest BCUT2D eigenvalue weighted by Crippen LogP contribution is 2.15. The third-order valence-electron chi connectivity index (χ3n) is 5.46. The molecule has 0 bridgehead atoms. The van der Waals surface area contributed by atoms with Crippen LogP contribution in [0.5, 0.6) is 11.5 Å². The van der Waals surface area contributed by atoms with Crippen molar-refractivity contribution in [3.05, 3.63) is 89.5 Å². The van der Waals surface area contributed by atoms with Crippen molar-refractivity contribution in [2.75, 3.05) is 32.8 Å². The Morgan fingerprint density at radius 2 is 1.18 bits per heavy atom. The monoisotopic (exact) mass is 533 g/mol. The van der Waals surface area contributed by atoms with Crippen molar-refractivity contribution in [3.8, 4) is 11.5 Å². The van der Waals surface area contributed by atoms with E-state index < -0.39 is 31.1 Å². The number of nitrogens with one attached hydrogen (secondary N) is 1. The molecule has 0 unspecified atom stereocenters. The molecule has 0 saturated heterocycles. The molecule has 1 N–H and O–H groups in total. The molecule has 0 aliphatic rings. The summed E-state index contributed by atoms with van der Waals surface area (Å²) in [5, 5.41) is 2.58. The molecule has 3 aromatic carbocycles. The van der Waals surface area contributed by atoms with Crippen LogP contribution in [0.15, 0.2) is 72.8 Å². The maximum absolute atomic E-state index is 12.4. The van der Waals surface area contributed by atoms with E-state index in [0.29, 0.717) is 28.3 Å². The lowest BCUT2D eigenvalue weighted by molar-refractivity contribution is -0.143. The van der Waals surface area contributed by atoms with E-state index in [4.69, 9.17) is 18.9 Å². The molecule has 0 aliphatic heterocycles. The SMILES string of the molecule is COc1ccc(C(=O)COC(=O)CCC(=O)Nc2cccc(C(=O)OCC(=O)c3ccc(OC)cc3)c2)cc1. The molecule has 39 heavy (non-hydrogen) atoms.